The van der Waals surface area contributed by atoms with E-state index in [4.69, 9.17) is 16.6 Å². The van der Waals surface area contributed by atoms with E-state index in [0.29, 0.717) is 59.2 Å². The maximum absolute atomic E-state index is 12.7. The number of nitrogens with zero attached hydrogens (tertiary/aromatic N) is 5. The van der Waals surface area contributed by atoms with Crippen molar-refractivity contribution >= 4 is 52.6 Å². The molecule has 0 aliphatic carbocycles. The summed E-state index contributed by atoms with van der Waals surface area (Å²) in [6.07, 6.45) is 2.92. The van der Waals surface area contributed by atoms with Crippen LogP contribution in [0.5, 0.6) is 0 Å². The molecule has 0 bridgehead atoms. The summed E-state index contributed by atoms with van der Waals surface area (Å²) in [5.74, 6) is -0.609. The first-order valence-corrected chi connectivity index (χ1v) is 13.3. The number of nitrogen functional groups attached to an aromatic ring is 2. The van der Waals surface area contributed by atoms with Crippen LogP contribution in [0.4, 0.5) is 17.5 Å². The number of nitrogens with two attached hydrogens (primary N) is 2. The highest BCUT2D eigenvalue weighted by Gasteiger charge is 2.38. The zero-order valence-corrected chi connectivity index (χ0v) is 23.6. The molecule has 1 atom stereocenters. The number of rotatable bonds is 10. The molecule has 3 heterocycles. The lowest BCUT2D eigenvalue weighted by Crippen LogP contribution is -2.36. The molecule has 5 rings (SSSR count). The molecule has 2 amide bonds. The maximum atomic E-state index is 12.7. The molecule has 0 radical (unpaired) electrons. The standard InChI is InChI=1S/C28H27N9O4.CH4O/c1-15-4-9-20-21(11-15)27(41)37(26(20)40)10-2-3-18(14-38)34-25(39)16-5-7-17(8-6-16)31-12-19-13-32-24-22(33-19)23(29)35-28(30)36-24;1-2/h4-9,11,13-14,18H,2-3,10,12H2,1H3,(H6,29,30,31,32,34,35,36,39);2H,1H3/p+1. The maximum Gasteiger partial charge on any atom is 0.423 e. The van der Waals surface area contributed by atoms with E-state index in [-0.39, 0.29) is 30.1 Å². The van der Waals surface area contributed by atoms with Gasteiger partial charge >= 0.3 is 11.8 Å². The monoisotopic (exact) mass is 586 g/mol. The van der Waals surface area contributed by atoms with Gasteiger partial charge in [-0.3, -0.25) is 4.79 Å². The molecule has 1 aliphatic rings. The molecule has 14 nitrogen and oxygen atoms in total. The summed E-state index contributed by atoms with van der Waals surface area (Å²) in [6, 6.07) is 11.3. The molecule has 1 aliphatic heterocycles. The Morgan fingerprint density at radius 3 is 2.53 bits per heavy atom. The van der Waals surface area contributed by atoms with E-state index in [9.17, 15) is 19.5 Å². The minimum atomic E-state index is -0.747. The van der Waals surface area contributed by atoms with Crippen LogP contribution in [-0.4, -0.2) is 78.4 Å². The number of nitrogens with one attached hydrogen (secondary N) is 2. The molecular formula is C29H32N9O5+. The molecular weight excluding hydrogens is 554 g/mol. The van der Waals surface area contributed by atoms with Crippen molar-refractivity contribution in [2.24, 2.45) is 0 Å². The minimum Gasteiger partial charge on any atom is -0.459 e. The lowest BCUT2D eigenvalue weighted by Gasteiger charge is -2.13. The molecule has 0 spiro atoms. The lowest BCUT2D eigenvalue weighted by molar-refractivity contribution is -0.434. The van der Waals surface area contributed by atoms with Gasteiger partial charge in [-0.15, -0.1) is 4.58 Å². The number of carbonyl (C=O) groups is 3. The van der Waals surface area contributed by atoms with Crippen molar-refractivity contribution in [3.63, 3.8) is 0 Å². The first-order valence-electron chi connectivity index (χ1n) is 13.3. The predicted molar refractivity (Wildman–Crippen MR) is 160 cm³/mol. The summed E-state index contributed by atoms with van der Waals surface area (Å²) in [4.78, 5) is 53.6. The minimum absolute atomic E-state index is 0.0256. The van der Waals surface area contributed by atoms with Crippen molar-refractivity contribution in [3.05, 3.63) is 76.6 Å². The number of carbonyl (C=O) groups excluding carboxylic acids is 3. The third-order valence-corrected chi connectivity index (χ3v) is 6.65. The first-order chi connectivity index (χ1) is 20.7. The second-order valence-corrected chi connectivity index (χ2v) is 9.62. The van der Waals surface area contributed by atoms with E-state index in [2.05, 4.69) is 30.6 Å². The van der Waals surface area contributed by atoms with Gasteiger partial charge in [0.2, 0.25) is 5.95 Å². The number of amides is 2. The summed E-state index contributed by atoms with van der Waals surface area (Å²) >= 11 is 0. The highest BCUT2D eigenvalue weighted by atomic mass is 16.3. The van der Waals surface area contributed by atoms with Crippen LogP contribution >= 0.6 is 0 Å². The molecule has 4 aromatic rings. The number of hydrogen-bond acceptors (Lipinski definition) is 11. The van der Waals surface area contributed by atoms with E-state index < -0.39 is 11.9 Å². The molecule has 8 N–H and O–H groups in total. The third kappa shape index (κ3) is 6.87. The average Bonchev–Trinajstić information content (AvgIpc) is 3.24. The number of aliphatic hydroxyl groups excluding tert-OH is 2. The SMILES string of the molecule is CO.Cc1ccc2c(c1)C(O)=[N+](CCCC(C=O)NC(=O)c1ccc(NCc3cnc4nc(N)nc(N)c4n3)cc1)C2=O. The van der Waals surface area contributed by atoms with Crippen LogP contribution in [0.2, 0.25) is 0 Å². The van der Waals surface area contributed by atoms with Crippen LogP contribution < -0.4 is 22.1 Å². The second kappa shape index (κ2) is 13.4. The predicted octanol–water partition coefficient (Wildman–Crippen LogP) is 1.36. The Morgan fingerprint density at radius 2 is 1.81 bits per heavy atom. The number of anilines is 3. The summed E-state index contributed by atoms with van der Waals surface area (Å²) in [5, 5.41) is 23.4. The van der Waals surface area contributed by atoms with E-state index >= 15 is 0 Å². The van der Waals surface area contributed by atoms with Crippen LogP contribution in [0.25, 0.3) is 11.2 Å². The van der Waals surface area contributed by atoms with Gasteiger partial charge in [0.05, 0.1) is 24.5 Å². The van der Waals surface area contributed by atoms with Crippen molar-refractivity contribution in [1.82, 2.24) is 25.3 Å². The number of aryl methyl sites for hydroxylation is 1. The summed E-state index contributed by atoms with van der Waals surface area (Å²) < 4.78 is 1.29. The zero-order valence-electron chi connectivity index (χ0n) is 23.6. The van der Waals surface area contributed by atoms with E-state index in [1.165, 1.54) is 4.58 Å². The van der Waals surface area contributed by atoms with Crippen molar-refractivity contribution in [3.8, 4) is 0 Å². The van der Waals surface area contributed by atoms with Gasteiger partial charge in [-0.25, -0.2) is 14.8 Å². The highest BCUT2D eigenvalue weighted by molar-refractivity contribution is 6.09. The van der Waals surface area contributed by atoms with Gasteiger partial charge < -0.3 is 37.1 Å². The van der Waals surface area contributed by atoms with Crippen LogP contribution in [0.15, 0.2) is 48.7 Å². The fraction of sp³-hybridized carbons (Fsp3) is 0.241. The fourth-order valence-electron chi connectivity index (χ4n) is 4.52. The molecule has 14 heteroatoms. The number of aldehydes is 1. The highest BCUT2D eigenvalue weighted by Crippen LogP contribution is 2.20. The molecule has 43 heavy (non-hydrogen) atoms. The molecule has 0 fully saturated rings. The third-order valence-electron chi connectivity index (χ3n) is 6.65. The van der Waals surface area contributed by atoms with Crippen LogP contribution in [-0.2, 0) is 11.3 Å². The van der Waals surface area contributed by atoms with Gasteiger partial charge in [-0.2, -0.15) is 9.97 Å². The topological polar surface area (TPSA) is 222 Å². The molecule has 2 aromatic carbocycles. The van der Waals surface area contributed by atoms with Crippen molar-refractivity contribution < 1.29 is 29.2 Å². The van der Waals surface area contributed by atoms with Crippen LogP contribution in [0.1, 0.15) is 50.4 Å². The Labute approximate surface area is 246 Å². The van der Waals surface area contributed by atoms with Crippen molar-refractivity contribution in [2.45, 2.75) is 32.4 Å². The average molecular weight is 587 g/mol. The Kier molecular flexibility index (Phi) is 9.52. The Balaban J connectivity index is 0.00000207. The Hall–Kier alpha value is -5.50. The smallest absolute Gasteiger partial charge is 0.423 e. The molecule has 222 valence electrons. The van der Waals surface area contributed by atoms with Crippen LogP contribution in [0, 0.1) is 6.92 Å². The lowest BCUT2D eigenvalue weighted by atomic mass is 10.1. The van der Waals surface area contributed by atoms with Crippen molar-refractivity contribution in [1.29, 1.82) is 0 Å². The van der Waals surface area contributed by atoms with E-state index in [0.717, 1.165) is 18.4 Å². The van der Waals surface area contributed by atoms with Gasteiger partial charge in [0, 0.05) is 24.8 Å². The Bertz CT molecular complexity index is 1710. The number of benzene rings is 2. The quantitative estimate of drug-likeness (QED) is 0.114. The largest absolute Gasteiger partial charge is 0.459 e. The summed E-state index contributed by atoms with van der Waals surface area (Å²) in [7, 11) is 1.00. The number of hydrogen-bond donors (Lipinski definition) is 6. The van der Waals surface area contributed by atoms with Crippen molar-refractivity contribution in [2.75, 3.05) is 30.4 Å². The molecule has 0 saturated carbocycles. The second-order valence-electron chi connectivity index (χ2n) is 9.62. The fourth-order valence-corrected chi connectivity index (χ4v) is 4.52. The normalized spacial score (nSPS) is 12.8. The first kappa shape index (κ1) is 30.5. The van der Waals surface area contributed by atoms with Gasteiger partial charge in [-0.05, 0) is 49.7 Å². The van der Waals surface area contributed by atoms with Crippen LogP contribution in [0.3, 0.4) is 0 Å². The van der Waals surface area contributed by atoms with E-state index in [1.54, 1.807) is 42.6 Å². The molecule has 1 unspecified atom stereocenters. The van der Waals surface area contributed by atoms with E-state index in [1.807, 2.05) is 13.0 Å². The summed E-state index contributed by atoms with van der Waals surface area (Å²) in [5.41, 5.74) is 15.7. The number of fused-ring (bicyclic) bond motifs is 2. The Morgan fingerprint density at radius 1 is 1.07 bits per heavy atom. The summed E-state index contributed by atoms with van der Waals surface area (Å²) in [6.45, 7) is 2.44. The number of aromatic nitrogens is 4. The number of aliphatic hydroxyl groups is 2. The van der Waals surface area contributed by atoms with Gasteiger partial charge in [-0.1, -0.05) is 11.6 Å². The molecule has 0 saturated heterocycles. The van der Waals surface area contributed by atoms with Gasteiger partial charge in [0.25, 0.3) is 5.91 Å². The van der Waals surface area contributed by atoms with Gasteiger partial charge in [0.1, 0.15) is 17.4 Å². The zero-order chi connectivity index (χ0) is 31.1. The van der Waals surface area contributed by atoms with Gasteiger partial charge in [0.15, 0.2) is 23.5 Å². The molecule has 2 aromatic heterocycles.